The van der Waals surface area contributed by atoms with Gasteiger partial charge in [-0.1, -0.05) is 6.42 Å². The number of ether oxygens (including phenoxy) is 1. The fourth-order valence-corrected chi connectivity index (χ4v) is 5.30. The van der Waals surface area contributed by atoms with Crippen molar-refractivity contribution in [2.45, 2.75) is 49.6 Å². The SMILES string of the molecule is CC1CCCC(CN)N1S(=O)(=O)c1ccc2c(c1)CCO2. The van der Waals surface area contributed by atoms with Crippen molar-refractivity contribution in [3.63, 3.8) is 0 Å². The first-order chi connectivity index (χ1) is 10.0. The molecule has 21 heavy (non-hydrogen) atoms. The van der Waals surface area contributed by atoms with Crippen molar-refractivity contribution < 1.29 is 13.2 Å². The van der Waals surface area contributed by atoms with Gasteiger partial charge in [0.15, 0.2) is 0 Å². The smallest absolute Gasteiger partial charge is 0.243 e. The lowest BCUT2D eigenvalue weighted by molar-refractivity contribution is 0.196. The molecule has 1 fully saturated rings. The highest BCUT2D eigenvalue weighted by atomic mass is 32.2. The van der Waals surface area contributed by atoms with Gasteiger partial charge >= 0.3 is 0 Å². The minimum Gasteiger partial charge on any atom is -0.493 e. The van der Waals surface area contributed by atoms with Gasteiger partial charge in [0.25, 0.3) is 0 Å². The summed E-state index contributed by atoms with van der Waals surface area (Å²) in [5.41, 5.74) is 6.77. The van der Waals surface area contributed by atoms with Crippen LogP contribution in [0, 0.1) is 0 Å². The zero-order valence-corrected chi connectivity index (χ0v) is 13.1. The van der Waals surface area contributed by atoms with E-state index >= 15 is 0 Å². The minimum atomic E-state index is -3.50. The van der Waals surface area contributed by atoms with E-state index in [1.54, 1.807) is 22.5 Å². The summed E-state index contributed by atoms with van der Waals surface area (Å²) >= 11 is 0. The summed E-state index contributed by atoms with van der Waals surface area (Å²) in [5, 5.41) is 0. The molecule has 5 nitrogen and oxygen atoms in total. The third-order valence-corrected chi connectivity index (χ3v) is 6.52. The molecule has 2 unspecified atom stereocenters. The molecule has 2 atom stereocenters. The summed E-state index contributed by atoms with van der Waals surface area (Å²) < 4.78 is 33.1. The standard InChI is InChI=1S/C15H22N2O3S/c1-11-3-2-4-13(10-16)17(11)21(18,19)14-5-6-15-12(9-14)7-8-20-15/h5-6,9,11,13H,2-4,7-8,10,16H2,1H3. The Kier molecular flexibility index (Phi) is 3.94. The highest BCUT2D eigenvalue weighted by Crippen LogP contribution is 2.33. The molecule has 6 heteroatoms. The number of hydrogen-bond acceptors (Lipinski definition) is 4. The van der Waals surface area contributed by atoms with Crippen LogP contribution in [0.3, 0.4) is 0 Å². The van der Waals surface area contributed by atoms with Gasteiger partial charge in [-0.15, -0.1) is 0 Å². The van der Waals surface area contributed by atoms with Crippen molar-refractivity contribution in [1.29, 1.82) is 0 Å². The third-order valence-electron chi connectivity index (χ3n) is 4.46. The summed E-state index contributed by atoms with van der Waals surface area (Å²) in [6, 6.07) is 5.08. The molecular formula is C15H22N2O3S. The third kappa shape index (κ3) is 2.56. The summed E-state index contributed by atoms with van der Waals surface area (Å²) in [6.45, 7) is 2.97. The van der Waals surface area contributed by atoms with E-state index in [0.717, 1.165) is 37.0 Å². The monoisotopic (exact) mass is 310 g/mol. The average molecular weight is 310 g/mol. The Morgan fingerprint density at radius 2 is 2.19 bits per heavy atom. The second-order valence-corrected chi connectivity index (χ2v) is 7.72. The molecule has 0 saturated carbocycles. The Bertz CT molecular complexity index is 630. The number of fused-ring (bicyclic) bond motifs is 1. The molecule has 116 valence electrons. The molecule has 0 amide bonds. The lowest BCUT2D eigenvalue weighted by Gasteiger charge is -2.39. The molecule has 0 aliphatic carbocycles. The Morgan fingerprint density at radius 1 is 1.38 bits per heavy atom. The summed E-state index contributed by atoms with van der Waals surface area (Å²) in [7, 11) is -3.50. The Morgan fingerprint density at radius 3 is 2.95 bits per heavy atom. The molecule has 1 aromatic carbocycles. The molecule has 3 rings (SSSR count). The average Bonchev–Trinajstić information content (AvgIpc) is 2.93. The highest BCUT2D eigenvalue weighted by Gasteiger charge is 2.37. The van der Waals surface area contributed by atoms with Gasteiger partial charge in [-0.05, 0) is 43.5 Å². The molecular weight excluding hydrogens is 288 g/mol. The number of benzene rings is 1. The first-order valence-corrected chi connectivity index (χ1v) is 8.97. The summed E-state index contributed by atoms with van der Waals surface area (Å²) in [5.74, 6) is 0.802. The number of nitrogens with zero attached hydrogens (tertiary/aromatic N) is 1. The molecule has 2 N–H and O–H groups in total. The molecule has 0 bridgehead atoms. The van der Waals surface area contributed by atoms with E-state index in [4.69, 9.17) is 10.5 Å². The molecule has 0 spiro atoms. The molecule has 1 aromatic rings. The van der Waals surface area contributed by atoms with Gasteiger partial charge in [-0.25, -0.2) is 8.42 Å². The second-order valence-electron chi connectivity index (χ2n) is 5.87. The summed E-state index contributed by atoms with van der Waals surface area (Å²) in [4.78, 5) is 0.360. The Hall–Kier alpha value is -1.11. The molecule has 1 saturated heterocycles. The van der Waals surface area contributed by atoms with E-state index in [-0.39, 0.29) is 12.1 Å². The van der Waals surface area contributed by atoms with Gasteiger partial charge < -0.3 is 10.5 Å². The minimum absolute atomic E-state index is 0.00167. The Labute approximate surface area is 126 Å². The molecule has 2 aliphatic rings. The quantitative estimate of drug-likeness (QED) is 0.918. The maximum absolute atomic E-state index is 13.0. The van der Waals surface area contributed by atoms with Gasteiger partial charge in [-0.3, -0.25) is 0 Å². The first kappa shape index (κ1) is 14.8. The van der Waals surface area contributed by atoms with Crippen LogP contribution >= 0.6 is 0 Å². The largest absolute Gasteiger partial charge is 0.493 e. The number of sulfonamides is 1. The van der Waals surface area contributed by atoms with Crippen LogP contribution in [0.15, 0.2) is 23.1 Å². The van der Waals surface area contributed by atoms with E-state index in [0.29, 0.717) is 18.0 Å². The zero-order chi connectivity index (χ0) is 15.0. The van der Waals surface area contributed by atoms with Gasteiger partial charge in [0.05, 0.1) is 11.5 Å². The first-order valence-electron chi connectivity index (χ1n) is 7.53. The van der Waals surface area contributed by atoms with Crippen molar-refractivity contribution in [2.75, 3.05) is 13.2 Å². The normalized spacial score (nSPS) is 26.4. The molecule has 2 heterocycles. The van der Waals surface area contributed by atoms with Gasteiger partial charge in [0.2, 0.25) is 10.0 Å². The van der Waals surface area contributed by atoms with Crippen LogP contribution < -0.4 is 10.5 Å². The number of hydrogen-bond donors (Lipinski definition) is 1. The van der Waals surface area contributed by atoms with Crippen LogP contribution in [-0.4, -0.2) is 38.0 Å². The van der Waals surface area contributed by atoms with Crippen LogP contribution in [0.5, 0.6) is 5.75 Å². The van der Waals surface area contributed by atoms with Crippen molar-refractivity contribution >= 4 is 10.0 Å². The lowest BCUT2D eigenvalue weighted by Crippen LogP contribution is -2.51. The predicted octanol–water partition coefficient (Wildman–Crippen LogP) is 1.51. The Balaban J connectivity index is 1.98. The molecule has 2 aliphatic heterocycles. The summed E-state index contributed by atoms with van der Waals surface area (Å²) in [6.07, 6.45) is 3.54. The van der Waals surface area contributed by atoms with E-state index in [2.05, 4.69) is 0 Å². The predicted molar refractivity (Wildman–Crippen MR) is 80.8 cm³/mol. The number of piperidine rings is 1. The van der Waals surface area contributed by atoms with Gasteiger partial charge in [0, 0.05) is 25.0 Å². The fourth-order valence-electron chi connectivity index (χ4n) is 3.36. The van der Waals surface area contributed by atoms with Crippen LogP contribution in [0.4, 0.5) is 0 Å². The maximum Gasteiger partial charge on any atom is 0.243 e. The van der Waals surface area contributed by atoms with Crippen molar-refractivity contribution in [1.82, 2.24) is 4.31 Å². The zero-order valence-electron chi connectivity index (χ0n) is 12.3. The fraction of sp³-hybridized carbons (Fsp3) is 0.600. The molecule has 0 radical (unpaired) electrons. The van der Waals surface area contributed by atoms with Gasteiger partial charge in [-0.2, -0.15) is 4.31 Å². The molecule has 0 aromatic heterocycles. The maximum atomic E-state index is 13.0. The van der Waals surface area contributed by atoms with Crippen LogP contribution in [0.1, 0.15) is 31.7 Å². The van der Waals surface area contributed by atoms with Crippen LogP contribution in [0.2, 0.25) is 0 Å². The van der Waals surface area contributed by atoms with Crippen molar-refractivity contribution in [3.8, 4) is 5.75 Å². The highest BCUT2D eigenvalue weighted by molar-refractivity contribution is 7.89. The van der Waals surface area contributed by atoms with Crippen molar-refractivity contribution in [2.24, 2.45) is 5.73 Å². The number of rotatable bonds is 3. The van der Waals surface area contributed by atoms with Gasteiger partial charge in [0.1, 0.15) is 5.75 Å². The van der Waals surface area contributed by atoms with E-state index in [1.807, 2.05) is 6.92 Å². The van der Waals surface area contributed by atoms with Crippen LogP contribution in [0.25, 0.3) is 0 Å². The number of nitrogens with two attached hydrogens (primary N) is 1. The van der Waals surface area contributed by atoms with E-state index in [1.165, 1.54) is 0 Å². The van der Waals surface area contributed by atoms with Crippen molar-refractivity contribution in [3.05, 3.63) is 23.8 Å². The van der Waals surface area contributed by atoms with E-state index < -0.39 is 10.0 Å². The second kappa shape index (κ2) is 5.59. The van der Waals surface area contributed by atoms with E-state index in [9.17, 15) is 8.42 Å². The topological polar surface area (TPSA) is 72.6 Å². The van der Waals surface area contributed by atoms with Crippen LogP contribution in [-0.2, 0) is 16.4 Å². The lowest BCUT2D eigenvalue weighted by atomic mass is 10.00.